The van der Waals surface area contributed by atoms with Gasteiger partial charge in [-0.15, -0.1) is 0 Å². The van der Waals surface area contributed by atoms with Gasteiger partial charge in [0.15, 0.2) is 5.78 Å². The molecule has 0 spiro atoms. The lowest BCUT2D eigenvalue weighted by molar-refractivity contribution is -0.132. The quantitative estimate of drug-likeness (QED) is 0.637. The zero-order chi connectivity index (χ0) is 20.7. The van der Waals surface area contributed by atoms with Gasteiger partial charge in [-0.05, 0) is 42.8 Å². The van der Waals surface area contributed by atoms with Gasteiger partial charge in [0.25, 0.3) is 11.8 Å². The van der Waals surface area contributed by atoms with Crippen LogP contribution in [0, 0.1) is 0 Å². The standard InChI is InChI=1S/C22H21N3O4/c1-24(2)14-8-6-13(7-9-14)23-17-5-3-4-16-20(17)22(29)25(21(16)28)18-11-10-15(26)12-19(18)27/h3-9,18,23H,10-12H2,1-2H3. The maximum absolute atomic E-state index is 13.1. The molecule has 1 aliphatic carbocycles. The van der Waals surface area contributed by atoms with Gasteiger partial charge in [-0.25, -0.2) is 0 Å². The Bertz CT molecular complexity index is 1030. The van der Waals surface area contributed by atoms with E-state index in [4.69, 9.17) is 0 Å². The van der Waals surface area contributed by atoms with E-state index in [1.807, 2.05) is 43.3 Å². The van der Waals surface area contributed by atoms with Crippen molar-refractivity contribution in [3.05, 3.63) is 53.6 Å². The number of rotatable bonds is 4. The Morgan fingerprint density at radius 2 is 1.69 bits per heavy atom. The van der Waals surface area contributed by atoms with Gasteiger partial charge >= 0.3 is 0 Å². The Hall–Kier alpha value is -3.48. The van der Waals surface area contributed by atoms with E-state index in [0.717, 1.165) is 16.3 Å². The van der Waals surface area contributed by atoms with Crippen LogP contribution in [0.1, 0.15) is 40.0 Å². The number of nitrogens with zero attached hydrogens (tertiary/aromatic N) is 2. The van der Waals surface area contributed by atoms with E-state index in [9.17, 15) is 19.2 Å². The largest absolute Gasteiger partial charge is 0.378 e. The molecule has 0 saturated heterocycles. The summed E-state index contributed by atoms with van der Waals surface area (Å²) in [7, 11) is 3.90. The summed E-state index contributed by atoms with van der Waals surface area (Å²) in [4.78, 5) is 52.8. The van der Waals surface area contributed by atoms with Crippen LogP contribution in [-0.2, 0) is 9.59 Å². The second-order valence-electron chi connectivity index (χ2n) is 7.51. The number of benzene rings is 2. The highest BCUT2D eigenvalue weighted by molar-refractivity contribution is 6.25. The van der Waals surface area contributed by atoms with Gasteiger partial charge in [-0.1, -0.05) is 6.07 Å². The first kappa shape index (κ1) is 18.9. The SMILES string of the molecule is CN(C)c1ccc(Nc2cccc3c2C(=O)N(C2CCC(=O)CC2=O)C3=O)cc1. The predicted octanol–water partition coefficient (Wildman–Crippen LogP) is 2.78. The molecule has 2 amide bonds. The van der Waals surface area contributed by atoms with Crippen molar-refractivity contribution >= 4 is 40.4 Å². The van der Waals surface area contributed by atoms with E-state index >= 15 is 0 Å². The summed E-state index contributed by atoms with van der Waals surface area (Å²) < 4.78 is 0. The fourth-order valence-electron chi connectivity index (χ4n) is 3.82. The van der Waals surface area contributed by atoms with Crippen LogP contribution in [0.4, 0.5) is 17.1 Å². The molecule has 29 heavy (non-hydrogen) atoms. The minimum absolute atomic E-state index is 0.147. The number of anilines is 3. The van der Waals surface area contributed by atoms with Gasteiger partial charge in [0.05, 0.1) is 29.3 Å². The number of Topliss-reactive ketones (excluding diaryl/α,β-unsaturated/α-hetero) is 2. The topological polar surface area (TPSA) is 86.8 Å². The minimum Gasteiger partial charge on any atom is -0.378 e. The number of ketones is 2. The molecule has 0 aromatic heterocycles. The second kappa shape index (κ2) is 7.16. The van der Waals surface area contributed by atoms with Crippen LogP contribution >= 0.6 is 0 Å². The number of amides is 2. The van der Waals surface area contributed by atoms with Crippen molar-refractivity contribution in [3.63, 3.8) is 0 Å². The second-order valence-corrected chi connectivity index (χ2v) is 7.51. The molecule has 1 saturated carbocycles. The minimum atomic E-state index is -0.868. The number of hydrogen-bond acceptors (Lipinski definition) is 6. The van der Waals surface area contributed by atoms with E-state index in [2.05, 4.69) is 5.32 Å². The average Bonchev–Trinajstić information content (AvgIpc) is 2.94. The van der Waals surface area contributed by atoms with Crippen molar-refractivity contribution < 1.29 is 19.2 Å². The molecule has 2 aromatic carbocycles. The van der Waals surface area contributed by atoms with Crippen molar-refractivity contribution in [1.29, 1.82) is 0 Å². The van der Waals surface area contributed by atoms with Crippen LogP contribution in [0.15, 0.2) is 42.5 Å². The molecule has 1 atom stereocenters. The van der Waals surface area contributed by atoms with Crippen molar-refractivity contribution in [1.82, 2.24) is 4.90 Å². The molecule has 7 heteroatoms. The third-order valence-corrected chi connectivity index (χ3v) is 5.36. The summed E-state index contributed by atoms with van der Waals surface area (Å²) in [6, 6.07) is 11.8. The third kappa shape index (κ3) is 3.29. The highest BCUT2D eigenvalue weighted by Gasteiger charge is 2.45. The Balaban J connectivity index is 1.64. The molecule has 2 aromatic rings. The van der Waals surface area contributed by atoms with Crippen LogP contribution in [0.3, 0.4) is 0 Å². The fraction of sp³-hybridized carbons (Fsp3) is 0.273. The summed E-state index contributed by atoms with van der Waals surface area (Å²) >= 11 is 0. The summed E-state index contributed by atoms with van der Waals surface area (Å²) in [5.41, 5.74) is 2.87. The van der Waals surface area contributed by atoms with Gasteiger partial charge in [0.2, 0.25) is 0 Å². The Morgan fingerprint density at radius 1 is 0.966 bits per heavy atom. The Kier molecular flexibility index (Phi) is 4.66. The molecule has 4 rings (SSSR count). The van der Waals surface area contributed by atoms with Gasteiger partial charge in [-0.2, -0.15) is 0 Å². The number of carbonyl (C=O) groups excluding carboxylic acids is 4. The molecule has 1 aliphatic heterocycles. The predicted molar refractivity (Wildman–Crippen MR) is 109 cm³/mol. The molecule has 1 heterocycles. The van der Waals surface area contributed by atoms with E-state index in [-0.39, 0.29) is 42.0 Å². The first-order valence-corrected chi connectivity index (χ1v) is 9.46. The number of nitrogens with one attached hydrogen (secondary N) is 1. The Labute approximate surface area is 168 Å². The van der Waals surface area contributed by atoms with Crippen LogP contribution in [0.25, 0.3) is 0 Å². The molecule has 7 nitrogen and oxygen atoms in total. The highest BCUT2D eigenvalue weighted by atomic mass is 16.2. The maximum Gasteiger partial charge on any atom is 0.264 e. The van der Waals surface area contributed by atoms with Crippen molar-refractivity contribution in [2.45, 2.75) is 25.3 Å². The lowest BCUT2D eigenvalue weighted by Gasteiger charge is -2.27. The molecule has 0 bridgehead atoms. The third-order valence-electron chi connectivity index (χ3n) is 5.36. The molecular formula is C22H21N3O4. The van der Waals surface area contributed by atoms with Crippen molar-refractivity contribution in [2.75, 3.05) is 24.3 Å². The summed E-state index contributed by atoms with van der Waals surface area (Å²) in [6.45, 7) is 0. The van der Waals surface area contributed by atoms with Gasteiger partial charge in [0.1, 0.15) is 5.78 Å². The van der Waals surface area contributed by atoms with E-state index in [0.29, 0.717) is 5.69 Å². The first-order valence-electron chi connectivity index (χ1n) is 9.46. The Morgan fingerprint density at radius 3 is 2.34 bits per heavy atom. The molecule has 1 N–H and O–H groups in total. The van der Waals surface area contributed by atoms with E-state index < -0.39 is 17.9 Å². The monoisotopic (exact) mass is 391 g/mol. The number of fused-ring (bicyclic) bond motifs is 1. The van der Waals surface area contributed by atoms with E-state index in [1.54, 1.807) is 18.2 Å². The van der Waals surface area contributed by atoms with Crippen molar-refractivity contribution in [2.24, 2.45) is 0 Å². The van der Waals surface area contributed by atoms with Crippen LogP contribution in [0.2, 0.25) is 0 Å². The zero-order valence-corrected chi connectivity index (χ0v) is 16.3. The van der Waals surface area contributed by atoms with E-state index in [1.165, 1.54) is 0 Å². The molecule has 1 fully saturated rings. The van der Waals surface area contributed by atoms with Crippen LogP contribution in [0.5, 0.6) is 0 Å². The molecule has 2 aliphatic rings. The highest BCUT2D eigenvalue weighted by Crippen LogP contribution is 2.34. The summed E-state index contributed by atoms with van der Waals surface area (Å²) in [5, 5.41) is 3.21. The molecule has 0 radical (unpaired) electrons. The number of imide groups is 1. The van der Waals surface area contributed by atoms with Crippen molar-refractivity contribution in [3.8, 4) is 0 Å². The normalized spacial score (nSPS) is 18.8. The van der Waals surface area contributed by atoms with Crippen LogP contribution in [-0.4, -0.2) is 48.4 Å². The maximum atomic E-state index is 13.1. The first-order chi connectivity index (χ1) is 13.9. The number of hydrogen-bond donors (Lipinski definition) is 1. The summed E-state index contributed by atoms with van der Waals surface area (Å²) in [6.07, 6.45) is 0.173. The van der Waals surface area contributed by atoms with Gasteiger partial charge in [0, 0.05) is 31.9 Å². The molecular weight excluding hydrogens is 370 g/mol. The van der Waals surface area contributed by atoms with Gasteiger partial charge < -0.3 is 10.2 Å². The molecule has 148 valence electrons. The van der Waals surface area contributed by atoms with Gasteiger partial charge in [-0.3, -0.25) is 24.1 Å². The average molecular weight is 391 g/mol. The lowest BCUT2D eigenvalue weighted by Crippen LogP contribution is -2.47. The van der Waals surface area contributed by atoms with Crippen LogP contribution < -0.4 is 10.2 Å². The zero-order valence-electron chi connectivity index (χ0n) is 16.3. The smallest absolute Gasteiger partial charge is 0.264 e. The number of carbonyl (C=O) groups is 4. The molecule has 1 unspecified atom stereocenters. The summed E-state index contributed by atoms with van der Waals surface area (Å²) in [5.74, 6) is -1.49. The fourth-order valence-corrected chi connectivity index (χ4v) is 3.82. The lowest BCUT2D eigenvalue weighted by atomic mass is 9.92.